The van der Waals surface area contributed by atoms with Crippen LogP contribution in [0.15, 0.2) is 176 Å². The Morgan fingerprint density at radius 2 is 1.04 bits per heavy atom. The van der Waals surface area contributed by atoms with Crippen LogP contribution in [0.2, 0.25) is 0 Å². The van der Waals surface area contributed by atoms with Crippen molar-refractivity contribution in [1.29, 1.82) is 0 Å². The quantitative estimate of drug-likeness (QED) is 0.185. The standard InChI is InChI=1S/C44H31N/c1-4-16-31(17-5-1)42-35-21-8-10-23-37(35)43(38-24-11-9-22-36(38)42)44(28-14-3-15-29-44)32-26-27-41-39(30-32)34-20-12-13-25-40(34)45(41)33-18-6-2-7-19-33/h1-28,30H,29H2. The van der Waals surface area contributed by atoms with Gasteiger partial charge in [-0.2, -0.15) is 0 Å². The lowest BCUT2D eigenvalue weighted by atomic mass is 9.67. The molecule has 0 amide bonds. The molecule has 1 aromatic heterocycles. The fraction of sp³-hybridized carbons (Fsp3) is 0.0455. The van der Waals surface area contributed by atoms with Gasteiger partial charge >= 0.3 is 0 Å². The minimum absolute atomic E-state index is 0.340. The molecule has 8 aromatic rings. The summed E-state index contributed by atoms with van der Waals surface area (Å²) in [7, 11) is 0. The molecule has 212 valence electrons. The summed E-state index contributed by atoms with van der Waals surface area (Å²) in [5.74, 6) is 0. The first-order chi connectivity index (χ1) is 22.3. The van der Waals surface area contributed by atoms with Crippen molar-refractivity contribution in [3.63, 3.8) is 0 Å². The van der Waals surface area contributed by atoms with Crippen LogP contribution >= 0.6 is 0 Å². The maximum Gasteiger partial charge on any atom is 0.0541 e. The van der Waals surface area contributed by atoms with Crippen molar-refractivity contribution < 1.29 is 0 Å². The minimum Gasteiger partial charge on any atom is -0.309 e. The summed E-state index contributed by atoms with van der Waals surface area (Å²) in [6, 6.07) is 55.6. The molecule has 45 heavy (non-hydrogen) atoms. The molecule has 0 bridgehead atoms. The molecule has 0 fully saturated rings. The zero-order chi connectivity index (χ0) is 29.8. The number of rotatable bonds is 4. The predicted molar refractivity (Wildman–Crippen MR) is 191 cm³/mol. The van der Waals surface area contributed by atoms with Crippen LogP contribution in [-0.2, 0) is 5.41 Å². The molecule has 1 aliphatic carbocycles. The van der Waals surface area contributed by atoms with E-state index in [1.54, 1.807) is 0 Å². The molecular weight excluding hydrogens is 542 g/mol. The molecule has 0 spiro atoms. The average Bonchev–Trinajstić information content (AvgIpc) is 3.45. The van der Waals surface area contributed by atoms with Gasteiger partial charge in [-0.1, -0.05) is 146 Å². The van der Waals surface area contributed by atoms with Crippen molar-refractivity contribution in [2.24, 2.45) is 0 Å². The maximum atomic E-state index is 2.47. The van der Waals surface area contributed by atoms with E-state index in [1.165, 1.54) is 71.3 Å². The average molecular weight is 574 g/mol. The Hall–Kier alpha value is -5.66. The van der Waals surface area contributed by atoms with E-state index in [-0.39, 0.29) is 5.41 Å². The number of nitrogens with zero attached hydrogens (tertiary/aromatic N) is 1. The van der Waals surface area contributed by atoms with Gasteiger partial charge in [0.25, 0.3) is 0 Å². The summed E-state index contributed by atoms with van der Waals surface area (Å²) in [4.78, 5) is 0. The van der Waals surface area contributed by atoms with Crippen molar-refractivity contribution in [2.75, 3.05) is 0 Å². The van der Waals surface area contributed by atoms with Gasteiger partial charge in [0.1, 0.15) is 0 Å². The van der Waals surface area contributed by atoms with E-state index in [2.05, 4.69) is 181 Å². The molecule has 7 aromatic carbocycles. The number of hydrogen-bond acceptors (Lipinski definition) is 0. The van der Waals surface area contributed by atoms with E-state index in [0.29, 0.717) is 0 Å². The SMILES string of the molecule is C1=CCC(c2ccc3c(c2)c2ccccc2n3-c2ccccc2)(c2c3ccccc3c(-c3ccccc3)c3ccccc23)C=C1. The summed E-state index contributed by atoms with van der Waals surface area (Å²) in [5.41, 5.74) is 8.54. The van der Waals surface area contributed by atoms with E-state index in [0.717, 1.165) is 6.42 Å². The third-order valence-electron chi connectivity index (χ3n) is 9.71. The Kier molecular flexibility index (Phi) is 5.86. The van der Waals surface area contributed by atoms with Crippen LogP contribution in [0.5, 0.6) is 0 Å². The monoisotopic (exact) mass is 573 g/mol. The van der Waals surface area contributed by atoms with Crippen molar-refractivity contribution in [3.8, 4) is 16.8 Å². The topological polar surface area (TPSA) is 4.93 Å². The summed E-state index contributed by atoms with van der Waals surface area (Å²) in [6.07, 6.45) is 10.1. The molecule has 1 heterocycles. The van der Waals surface area contributed by atoms with Gasteiger partial charge in [-0.3, -0.25) is 0 Å². The molecule has 9 rings (SSSR count). The van der Waals surface area contributed by atoms with Gasteiger partial charge < -0.3 is 4.57 Å². The molecule has 1 atom stereocenters. The van der Waals surface area contributed by atoms with Gasteiger partial charge in [0.05, 0.1) is 11.0 Å². The van der Waals surface area contributed by atoms with Crippen LogP contribution in [0.3, 0.4) is 0 Å². The highest BCUT2D eigenvalue weighted by Gasteiger charge is 2.36. The Morgan fingerprint density at radius 3 is 1.71 bits per heavy atom. The summed E-state index contributed by atoms with van der Waals surface area (Å²) in [6.45, 7) is 0. The normalized spacial score (nSPS) is 16.3. The smallest absolute Gasteiger partial charge is 0.0541 e. The van der Waals surface area contributed by atoms with E-state index < -0.39 is 0 Å². The van der Waals surface area contributed by atoms with Crippen molar-refractivity contribution in [1.82, 2.24) is 4.57 Å². The lowest BCUT2D eigenvalue weighted by molar-refractivity contribution is 0.660. The zero-order valence-electron chi connectivity index (χ0n) is 24.9. The number of fused-ring (bicyclic) bond motifs is 5. The van der Waals surface area contributed by atoms with Crippen molar-refractivity contribution in [3.05, 3.63) is 187 Å². The van der Waals surface area contributed by atoms with Gasteiger partial charge in [-0.05, 0) is 80.6 Å². The van der Waals surface area contributed by atoms with Crippen LogP contribution in [0, 0.1) is 0 Å². The van der Waals surface area contributed by atoms with Crippen LogP contribution in [0.25, 0.3) is 60.2 Å². The molecule has 1 nitrogen and oxygen atoms in total. The van der Waals surface area contributed by atoms with Crippen LogP contribution in [0.4, 0.5) is 0 Å². The number of allylic oxidation sites excluding steroid dienone is 4. The van der Waals surface area contributed by atoms with Crippen LogP contribution in [-0.4, -0.2) is 4.57 Å². The maximum absolute atomic E-state index is 2.47. The fourth-order valence-electron chi connectivity index (χ4n) is 7.79. The first-order valence-corrected chi connectivity index (χ1v) is 15.8. The van der Waals surface area contributed by atoms with Gasteiger partial charge in [0, 0.05) is 21.9 Å². The predicted octanol–water partition coefficient (Wildman–Crippen LogP) is 11.6. The van der Waals surface area contributed by atoms with Crippen LogP contribution < -0.4 is 0 Å². The van der Waals surface area contributed by atoms with Crippen molar-refractivity contribution in [2.45, 2.75) is 11.8 Å². The third kappa shape index (κ3) is 3.87. The first kappa shape index (κ1) is 25.8. The molecular formula is C44H31N. The largest absolute Gasteiger partial charge is 0.309 e. The van der Waals surface area contributed by atoms with E-state index >= 15 is 0 Å². The summed E-state index contributed by atoms with van der Waals surface area (Å²) >= 11 is 0. The van der Waals surface area contributed by atoms with Gasteiger partial charge in [-0.15, -0.1) is 0 Å². The van der Waals surface area contributed by atoms with Gasteiger partial charge in [0.2, 0.25) is 0 Å². The lowest BCUT2D eigenvalue weighted by Crippen LogP contribution is -2.27. The van der Waals surface area contributed by atoms with Gasteiger partial charge in [-0.25, -0.2) is 0 Å². The molecule has 1 aliphatic rings. The second-order valence-electron chi connectivity index (χ2n) is 12.1. The molecule has 0 saturated carbocycles. The zero-order valence-corrected chi connectivity index (χ0v) is 24.9. The Morgan fingerprint density at radius 1 is 0.467 bits per heavy atom. The number of benzene rings is 7. The molecule has 1 heteroatoms. The molecule has 0 aliphatic heterocycles. The second kappa shape index (κ2) is 10.2. The van der Waals surface area contributed by atoms with E-state index in [9.17, 15) is 0 Å². The second-order valence-corrected chi connectivity index (χ2v) is 12.1. The van der Waals surface area contributed by atoms with Crippen LogP contribution in [0.1, 0.15) is 17.5 Å². The fourth-order valence-corrected chi connectivity index (χ4v) is 7.79. The lowest BCUT2D eigenvalue weighted by Gasteiger charge is -2.36. The molecule has 0 N–H and O–H groups in total. The Labute approximate surface area is 263 Å². The minimum atomic E-state index is -0.340. The first-order valence-electron chi connectivity index (χ1n) is 15.8. The molecule has 0 radical (unpaired) electrons. The third-order valence-corrected chi connectivity index (χ3v) is 9.71. The Bertz CT molecular complexity index is 2390. The number of para-hydroxylation sites is 2. The van der Waals surface area contributed by atoms with E-state index in [1.807, 2.05) is 0 Å². The molecule has 0 saturated heterocycles. The number of hydrogen-bond donors (Lipinski definition) is 0. The van der Waals surface area contributed by atoms with Gasteiger partial charge in [0.15, 0.2) is 0 Å². The highest BCUT2D eigenvalue weighted by Crippen LogP contribution is 2.50. The number of aromatic nitrogens is 1. The Balaban J connectivity index is 1.39. The van der Waals surface area contributed by atoms with Crippen molar-refractivity contribution >= 4 is 43.4 Å². The highest BCUT2D eigenvalue weighted by molar-refractivity contribution is 6.16. The summed E-state index contributed by atoms with van der Waals surface area (Å²) in [5, 5.41) is 7.76. The highest BCUT2D eigenvalue weighted by atomic mass is 15.0. The molecule has 1 unspecified atom stereocenters. The summed E-state index contributed by atoms with van der Waals surface area (Å²) < 4.78 is 2.40. The van der Waals surface area contributed by atoms with E-state index in [4.69, 9.17) is 0 Å².